The highest BCUT2D eigenvalue weighted by atomic mass is 35.5. The van der Waals surface area contributed by atoms with E-state index in [2.05, 4.69) is 10.9 Å². The highest BCUT2D eigenvalue weighted by Crippen LogP contribution is 2.38. The van der Waals surface area contributed by atoms with Crippen molar-refractivity contribution in [3.8, 4) is 23.0 Å². The SMILES string of the molecule is COc1cc(C(=O)NNC(=O)COc2ccccc2Cl)cc(OC)c1OC. The summed E-state index contributed by atoms with van der Waals surface area (Å²) in [4.78, 5) is 24.1. The van der Waals surface area contributed by atoms with Crippen molar-refractivity contribution in [3.63, 3.8) is 0 Å². The molecule has 0 bridgehead atoms. The predicted octanol–water partition coefficient (Wildman–Crippen LogP) is 2.21. The second-order valence-electron chi connectivity index (χ2n) is 5.14. The number of carbonyl (C=O) groups is 2. The summed E-state index contributed by atoms with van der Waals surface area (Å²) in [7, 11) is 4.33. The van der Waals surface area contributed by atoms with Crippen LogP contribution < -0.4 is 29.8 Å². The number of hydrogen-bond acceptors (Lipinski definition) is 6. The number of hydrogen-bond donors (Lipinski definition) is 2. The summed E-state index contributed by atoms with van der Waals surface area (Å²) in [5, 5.41) is 0.381. The van der Waals surface area contributed by atoms with Crippen molar-refractivity contribution in [1.82, 2.24) is 10.9 Å². The number of carbonyl (C=O) groups excluding carboxylic acids is 2. The number of hydrazine groups is 1. The number of benzene rings is 2. The third kappa shape index (κ3) is 5.18. The molecule has 0 spiro atoms. The van der Waals surface area contributed by atoms with E-state index in [1.807, 2.05) is 0 Å². The minimum Gasteiger partial charge on any atom is -0.493 e. The summed E-state index contributed by atoms with van der Waals surface area (Å²) in [5.41, 5.74) is 4.75. The van der Waals surface area contributed by atoms with Crippen LogP contribution in [0.25, 0.3) is 0 Å². The standard InChI is InChI=1S/C18H19ClN2O6/c1-24-14-8-11(9-15(25-2)17(14)26-3)18(23)21-20-16(22)10-27-13-7-5-4-6-12(13)19/h4-9H,10H2,1-3H3,(H,20,22)(H,21,23). The first kappa shape index (κ1) is 20.2. The molecule has 9 heteroatoms. The van der Waals surface area contributed by atoms with Gasteiger partial charge in [0.05, 0.1) is 26.4 Å². The van der Waals surface area contributed by atoms with Crippen LogP contribution in [0.1, 0.15) is 10.4 Å². The number of halogens is 1. The Labute approximate surface area is 161 Å². The van der Waals surface area contributed by atoms with Crippen molar-refractivity contribution >= 4 is 23.4 Å². The van der Waals surface area contributed by atoms with E-state index in [0.29, 0.717) is 28.0 Å². The second kappa shape index (κ2) is 9.54. The molecule has 0 saturated carbocycles. The molecule has 27 heavy (non-hydrogen) atoms. The fourth-order valence-electron chi connectivity index (χ4n) is 2.15. The molecule has 0 aromatic heterocycles. The zero-order valence-electron chi connectivity index (χ0n) is 15.0. The van der Waals surface area contributed by atoms with Gasteiger partial charge in [0, 0.05) is 5.56 Å². The van der Waals surface area contributed by atoms with Gasteiger partial charge in [-0.2, -0.15) is 0 Å². The third-order valence-electron chi connectivity index (χ3n) is 3.44. The summed E-state index contributed by atoms with van der Waals surface area (Å²) in [6.45, 7) is -0.320. The fourth-order valence-corrected chi connectivity index (χ4v) is 2.34. The molecule has 0 unspecified atom stereocenters. The highest BCUT2D eigenvalue weighted by Gasteiger charge is 2.17. The lowest BCUT2D eigenvalue weighted by molar-refractivity contribution is -0.123. The van der Waals surface area contributed by atoms with E-state index < -0.39 is 11.8 Å². The molecule has 0 saturated heterocycles. The van der Waals surface area contributed by atoms with E-state index >= 15 is 0 Å². The van der Waals surface area contributed by atoms with Gasteiger partial charge in [-0.05, 0) is 24.3 Å². The number of rotatable bonds is 7. The van der Waals surface area contributed by atoms with Crippen molar-refractivity contribution in [1.29, 1.82) is 0 Å². The Balaban J connectivity index is 1.97. The number of ether oxygens (including phenoxy) is 4. The minimum atomic E-state index is -0.569. The molecule has 0 heterocycles. The Morgan fingerprint density at radius 3 is 2.11 bits per heavy atom. The second-order valence-corrected chi connectivity index (χ2v) is 5.54. The Morgan fingerprint density at radius 2 is 1.56 bits per heavy atom. The van der Waals surface area contributed by atoms with E-state index in [0.717, 1.165) is 0 Å². The Hall–Kier alpha value is -3.13. The summed E-state index contributed by atoms with van der Waals surface area (Å²) >= 11 is 5.94. The Kier molecular flexibility index (Phi) is 7.13. The predicted molar refractivity (Wildman–Crippen MR) is 98.7 cm³/mol. The average Bonchev–Trinajstić information content (AvgIpc) is 2.70. The summed E-state index contributed by atoms with van der Waals surface area (Å²) in [6.07, 6.45) is 0. The average molecular weight is 395 g/mol. The van der Waals surface area contributed by atoms with Crippen LogP contribution in [0.2, 0.25) is 5.02 Å². The van der Waals surface area contributed by atoms with Crippen LogP contribution in [0.15, 0.2) is 36.4 Å². The molecule has 0 atom stereocenters. The van der Waals surface area contributed by atoms with E-state index in [1.54, 1.807) is 24.3 Å². The van der Waals surface area contributed by atoms with Crippen molar-refractivity contribution in [2.75, 3.05) is 27.9 Å². The van der Waals surface area contributed by atoms with Gasteiger partial charge in [0.1, 0.15) is 5.75 Å². The number of amides is 2. The zero-order valence-corrected chi connectivity index (χ0v) is 15.8. The van der Waals surface area contributed by atoms with Gasteiger partial charge < -0.3 is 18.9 Å². The molecular formula is C18H19ClN2O6. The maximum absolute atomic E-state index is 12.3. The molecule has 0 radical (unpaired) electrons. The first-order chi connectivity index (χ1) is 13.0. The van der Waals surface area contributed by atoms with Gasteiger partial charge in [0.15, 0.2) is 18.1 Å². The van der Waals surface area contributed by atoms with E-state index in [-0.39, 0.29) is 12.2 Å². The largest absolute Gasteiger partial charge is 0.493 e. The molecule has 2 aromatic rings. The Morgan fingerprint density at radius 1 is 0.926 bits per heavy atom. The van der Waals surface area contributed by atoms with Gasteiger partial charge in [0.2, 0.25) is 5.75 Å². The van der Waals surface area contributed by atoms with Crippen LogP contribution >= 0.6 is 11.6 Å². The quantitative estimate of drug-likeness (QED) is 0.699. The van der Waals surface area contributed by atoms with Gasteiger partial charge in [-0.15, -0.1) is 0 Å². The maximum Gasteiger partial charge on any atom is 0.276 e. The molecule has 0 fully saturated rings. The van der Waals surface area contributed by atoms with Crippen LogP contribution in [-0.2, 0) is 4.79 Å². The van der Waals surface area contributed by atoms with Crippen LogP contribution in [0.4, 0.5) is 0 Å². The minimum absolute atomic E-state index is 0.205. The van der Waals surface area contributed by atoms with Gasteiger partial charge in [-0.3, -0.25) is 20.4 Å². The topological polar surface area (TPSA) is 95.1 Å². The van der Waals surface area contributed by atoms with Gasteiger partial charge in [-0.25, -0.2) is 0 Å². The van der Waals surface area contributed by atoms with E-state index in [9.17, 15) is 9.59 Å². The molecule has 8 nitrogen and oxygen atoms in total. The summed E-state index contributed by atoms with van der Waals surface area (Å²) in [5.74, 6) is 0.223. The monoisotopic (exact) mass is 394 g/mol. The zero-order chi connectivity index (χ0) is 19.8. The number of methoxy groups -OCH3 is 3. The normalized spacial score (nSPS) is 9.93. The molecule has 0 aliphatic rings. The lowest BCUT2D eigenvalue weighted by Gasteiger charge is -2.14. The summed E-state index contributed by atoms with van der Waals surface area (Å²) < 4.78 is 20.9. The highest BCUT2D eigenvalue weighted by molar-refractivity contribution is 6.32. The molecule has 144 valence electrons. The molecule has 0 aliphatic carbocycles. The van der Waals surface area contributed by atoms with Crippen molar-refractivity contribution in [2.45, 2.75) is 0 Å². The summed E-state index contributed by atoms with van der Waals surface area (Å²) in [6, 6.07) is 9.66. The van der Waals surface area contributed by atoms with Gasteiger partial charge >= 0.3 is 0 Å². The van der Waals surface area contributed by atoms with E-state index in [1.165, 1.54) is 33.5 Å². The van der Waals surface area contributed by atoms with Crippen molar-refractivity contribution in [3.05, 3.63) is 47.0 Å². The van der Waals surface area contributed by atoms with Gasteiger partial charge in [-0.1, -0.05) is 23.7 Å². The smallest absolute Gasteiger partial charge is 0.276 e. The molecular weight excluding hydrogens is 376 g/mol. The fraction of sp³-hybridized carbons (Fsp3) is 0.222. The first-order valence-corrected chi connectivity index (χ1v) is 8.14. The molecule has 2 aromatic carbocycles. The number of nitrogens with one attached hydrogen (secondary N) is 2. The molecule has 2 rings (SSSR count). The lowest BCUT2D eigenvalue weighted by atomic mass is 10.1. The third-order valence-corrected chi connectivity index (χ3v) is 3.75. The van der Waals surface area contributed by atoms with Crippen LogP contribution in [0.5, 0.6) is 23.0 Å². The van der Waals surface area contributed by atoms with Crippen LogP contribution in [0.3, 0.4) is 0 Å². The van der Waals surface area contributed by atoms with Crippen LogP contribution in [-0.4, -0.2) is 39.8 Å². The van der Waals surface area contributed by atoms with Crippen molar-refractivity contribution < 1.29 is 28.5 Å². The molecule has 0 aliphatic heterocycles. The van der Waals surface area contributed by atoms with Crippen molar-refractivity contribution in [2.24, 2.45) is 0 Å². The molecule has 2 amide bonds. The van der Waals surface area contributed by atoms with Gasteiger partial charge in [0.25, 0.3) is 11.8 Å². The van der Waals surface area contributed by atoms with Crippen LogP contribution in [0, 0.1) is 0 Å². The lowest BCUT2D eigenvalue weighted by Crippen LogP contribution is -2.43. The number of para-hydroxylation sites is 1. The van der Waals surface area contributed by atoms with E-state index in [4.69, 9.17) is 30.5 Å². The maximum atomic E-state index is 12.3. The molecule has 2 N–H and O–H groups in total. The first-order valence-electron chi connectivity index (χ1n) is 7.76. The Bertz CT molecular complexity index is 802.